The number of carbonyl (C=O) groups excluding carboxylic acids is 6. The van der Waals surface area contributed by atoms with Crippen molar-refractivity contribution in [2.45, 2.75) is 88.8 Å². The second kappa shape index (κ2) is 18.5. The number of hydrogen-bond acceptors (Lipinski definition) is 14. The highest BCUT2D eigenvalue weighted by molar-refractivity contribution is 8.01. The summed E-state index contributed by atoms with van der Waals surface area (Å²) in [7, 11) is 3.07. The number of fused-ring (bicyclic) bond motifs is 4. The van der Waals surface area contributed by atoms with Crippen LogP contribution >= 0.6 is 46.2 Å². The third kappa shape index (κ3) is 9.07. The van der Waals surface area contributed by atoms with Crippen molar-refractivity contribution in [3.8, 4) is 11.5 Å². The standard InChI is InChI=1S/C46H48N8O8S4/c1-7-38(56)51-19-29-14-27(51)21-53(29)43(60)32-17-37(24(3)13-35(32)62-6)64-44-33(49-46(66-44)48-25(4)55)10-11-39(57)52-20-30-15-28(52)22-54(30)42(59)31-16-36(23(2)12-34(31)61-5)63-40-18-47-45(65-40)50-41(58)26-8-9-26/h7,10-13,16-18,26-30H,1,8-9,14-15,19-22H2,2-6H3,(H,47,50,58)(H,48,49,55)/b11-10+/t27-,28-,29-,30-/m0/s1. The van der Waals surface area contributed by atoms with Gasteiger partial charge in [0, 0.05) is 54.9 Å². The molecule has 0 radical (unpaired) electrons. The molecule has 9 rings (SSSR count). The number of aromatic nitrogens is 2. The molecule has 0 unspecified atom stereocenters. The smallest absolute Gasteiger partial charge is 0.258 e. The average Bonchev–Trinajstić information content (AvgIpc) is 3.86. The number of thiazole rings is 2. The number of carbonyl (C=O) groups is 6. The Labute approximate surface area is 398 Å². The largest absolute Gasteiger partial charge is 0.496 e. The van der Waals surface area contributed by atoms with Gasteiger partial charge in [0.15, 0.2) is 10.3 Å². The van der Waals surface area contributed by atoms with Crippen molar-refractivity contribution in [3.05, 3.63) is 77.1 Å². The first-order chi connectivity index (χ1) is 31.7. The maximum Gasteiger partial charge on any atom is 0.258 e. The molecule has 4 saturated heterocycles. The minimum atomic E-state index is -0.289. The molecule has 4 aliphatic heterocycles. The Hall–Kier alpha value is -5.70. The number of piperazine rings is 2. The summed E-state index contributed by atoms with van der Waals surface area (Å²) in [5, 5.41) is 6.57. The van der Waals surface area contributed by atoms with E-state index in [2.05, 4.69) is 27.2 Å². The number of methoxy groups -OCH3 is 2. The van der Waals surface area contributed by atoms with Crippen LogP contribution in [0.25, 0.3) is 6.08 Å². The summed E-state index contributed by atoms with van der Waals surface area (Å²) in [5.74, 6) is 0.00241. The van der Waals surface area contributed by atoms with Gasteiger partial charge in [-0.25, -0.2) is 9.97 Å². The molecular weight excluding hydrogens is 921 g/mol. The Balaban J connectivity index is 0.878. The van der Waals surface area contributed by atoms with Crippen LogP contribution in [0.5, 0.6) is 11.5 Å². The quantitative estimate of drug-likeness (QED) is 0.130. The Kier molecular flexibility index (Phi) is 12.8. The van der Waals surface area contributed by atoms with Gasteiger partial charge in [-0.3, -0.25) is 28.8 Å². The second-order valence-electron chi connectivity index (χ2n) is 17.0. The van der Waals surface area contributed by atoms with Crippen LogP contribution < -0.4 is 20.1 Å². The lowest BCUT2D eigenvalue weighted by atomic mass is 10.1. The predicted octanol–water partition coefficient (Wildman–Crippen LogP) is 6.59. The molecule has 5 aliphatic rings. The number of benzene rings is 2. The number of anilines is 2. The van der Waals surface area contributed by atoms with Crippen LogP contribution in [0.2, 0.25) is 0 Å². The number of amides is 6. The van der Waals surface area contributed by atoms with Crippen molar-refractivity contribution in [1.29, 1.82) is 0 Å². The van der Waals surface area contributed by atoms with Crippen LogP contribution in [-0.4, -0.2) is 130 Å². The highest BCUT2D eigenvalue weighted by Gasteiger charge is 2.48. The summed E-state index contributed by atoms with van der Waals surface area (Å²) in [4.78, 5) is 96.8. The van der Waals surface area contributed by atoms with Gasteiger partial charge in [0.05, 0.1) is 69.8 Å². The van der Waals surface area contributed by atoms with Gasteiger partial charge in [-0.05, 0) is 87.1 Å². The Morgan fingerprint density at radius 1 is 0.742 bits per heavy atom. The Morgan fingerprint density at radius 3 is 1.80 bits per heavy atom. The zero-order valence-corrected chi connectivity index (χ0v) is 40.2. The fourth-order valence-corrected chi connectivity index (χ4v) is 13.2. The number of aryl methyl sites for hydroxylation is 2. The van der Waals surface area contributed by atoms with Crippen molar-refractivity contribution < 1.29 is 38.2 Å². The SMILES string of the molecule is C=CC(=O)N1C[C@@H]2C[C@H]1CN2C(=O)c1cc(Sc2sc(NC(C)=O)nc2/C=C/C(=O)N2C[C@@H]3C[C@H]2CN3C(=O)c2cc(Sc3cnc(NC(=O)C4CC4)s3)c(C)cc2OC)c(C)cc1OC. The van der Waals surface area contributed by atoms with Crippen LogP contribution in [0.15, 0.2) is 67.4 Å². The number of rotatable bonds is 14. The molecule has 4 bridgehead atoms. The molecule has 2 aromatic carbocycles. The summed E-state index contributed by atoms with van der Waals surface area (Å²) < 4.78 is 13.0. The predicted molar refractivity (Wildman–Crippen MR) is 253 cm³/mol. The van der Waals surface area contributed by atoms with E-state index in [1.807, 2.05) is 47.9 Å². The summed E-state index contributed by atoms with van der Waals surface area (Å²) in [6.45, 7) is 10.5. The zero-order valence-electron chi connectivity index (χ0n) is 37.0. The molecule has 2 aromatic heterocycles. The molecule has 66 heavy (non-hydrogen) atoms. The van der Waals surface area contributed by atoms with Gasteiger partial charge in [-0.15, -0.1) is 0 Å². The highest BCUT2D eigenvalue weighted by atomic mass is 32.2. The second-order valence-corrected chi connectivity index (χ2v) is 21.7. The molecule has 20 heteroatoms. The summed E-state index contributed by atoms with van der Waals surface area (Å²) in [5.41, 5.74) is 3.10. The van der Waals surface area contributed by atoms with Crippen molar-refractivity contribution in [3.63, 3.8) is 0 Å². The first-order valence-electron chi connectivity index (χ1n) is 21.5. The molecule has 6 heterocycles. The summed E-state index contributed by atoms with van der Waals surface area (Å²) in [6.07, 6.45) is 9.33. The van der Waals surface area contributed by atoms with Gasteiger partial charge in [-0.1, -0.05) is 52.8 Å². The number of ether oxygens (including phenoxy) is 2. The zero-order chi connectivity index (χ0) is 46.6. The van der Waals surface area contributed by atoms with E-state index in [1.54, 1.807) is 29.2 Å². The molecular formula is C46H48N8O8S4. The van der Waals surface area contributed by atoms with Gasteiger partial charge in [0.2, 0.25) is 23.6 Å². The molecule has 4 aromatic rings. The van der Waals surface area contributed by atoms with Gasteiger partial charge in [-0.2, -0.15) is 0 Å². The minimum Gasteiger partial charge on any atom is -0.496 e. The van der Waals surface area contributed by atoms with E-state index in [0.29, 0.717) is 81.8 Å². The van der Waals surface area contributed by atoms with Crippen molar-refractivity contribution in [2.24, 2.45) is 5.92 Å². The Bertz CT molecular complexity index is 2710. The summed E-state index contributed by atoms with van der Waals surface area (Å²) in [6, 6.07) is 6.82. The van der Waals surface area contributed by atoms with Gasteiger partial charge in [0.1, 0.15) is 11.5 Å². The van der Waals surface area contributed by atoms with Crippen molar-refractivity contribution in [2.75, 3.05) is 51.0 Å². The maximum absolute atomic E-state index is 14.2. The number of hydrogen-bond donors (Lipinski definition) is 2. The third-order valence-electron chi connectivity index (χ3n) is 12.6. The van der Waals surface area contributed by atoms with E-state index in [9.17, 15) is 28.8 Å². The molecule has 2 N–H and O–H groups in total. The lowest BCUT2D eigenvalue weighted by Gasteiger charge is -2.34. The third-order valence-corrected chi connectivity index (χ3v) is 17.1. The van der Waals surface area contributed by atoms with Gasteiger partial charge < -0.3 is 39.7 Å². The number of nitrogens with one attached hydrogen (secondary N) is 2. The van der Waals surface area contributed by atoms with Crippen LogP contribution in [0.3, 0.4) is 0 Å². The van der Waals surface area contributed by atoms with E-state index in [1.165, 1.54) is 72.4 Å². The molecule has 6 amide bonds. The van der Waals surface area contributed by atoms with Crippen LogP contribution in [-0.2, 0) is 19.2 Å². The van der Waals surface area contributed by atoms with E-state index < -0.39 is 0 Å². The molecule has 4 atom stereocenters. The van der Waals surface area contributed by atoms with E-state index in [0.717, 1.165) is 38.0 Å². The fourth-order valence-electron chi connectivity index (χ4n) is 9.08. The van der Waals surface area contributed by atoms with Crippen LogP contribution in [0.4, 0.5) is 10.3 Å². The van der Waals surface area contributed by atoms with Gasteiger partial charge in [0.25, 0.3) is 11.8 Å². The molecule has 0 spiro atoms. The first-order valence-corrected chi connectivity index (χ1v) is 24.8. The molecule has 16 nitrogen and oxygen atoms in total. The molecule has 1 saturated carbocycles. The van der Waals surface area contributed by atoms with Gasteiger partial charge >= 0.3 is 0 Å². The normalized spacial score (nSPS) is 20.6. The van der Waals surface area contributed by atoms with E-state index >= 15 is 0 Å². The Morgan fingerprint density at radius 2 is 1.29 bits per heavy atom. The van der Waals surface area contributed by atoms with Crippen molar-refractivity contribution >= 4 is 98.0 Å². The average molecular weight is 969 g/mol. The van der Waals surface area contributed by atoms with E-state index in [4.69, 9.17) is 9.47 Å². The number of likely N-dealkylation sites (tertiary alicyclic amines) is 4. The lowest BCUT2D eigenvalue weighted by molar-refractivity contribution is -0.128. The maximum atomic E-state index is 14.2. The highest BCUT2D eigenvalue weighted by Crippen LogP contribution is 2.44. The molecule has 1 aliphatic carbocycles. The minimum absolute atomic E-state index is 0.000323. The van der Waals surface area contributed by atoms with Crippen molar-refractivity contribution in [1.82, 2.24) is 29.6 Å². The fraction of sp³-hybridized carbons (Fsp3) is 0.391. The topological polar surface area (TPSA) is 184 Å². The molecule has 5 fully saturated rings. The first kappa shape index (κ1) is 45.5. The van der Waals surface area contributed by atoms with E-state index in [-0.39, 0.29) is 65.5 Å². The summed E-state index contributed by atoms with van der Waals surface area (Å²) >= 11 is 5.51. The number of nitrogens with zero attached hydrogens (tertiary/aromatic N) is 6. The molecule has 344 valence electrons. The lowest BCUT2D eigenvalue weighted by Crippen LogP contribution is -2.50. The van der Waals surface area contributed by atoms with Crippen LogP contribution in [0.1, 0.15) is 70.1 Å². The van der Waals surface area contributed by atoms with Crippen LogP contribution in [0, 0.1) is 19.8 Å². The monoisotopic (exact) mass is 968 g/mol.